The fourth-order valence-corrected chi connectivity index (χ4v) is 5.17. The molecule has 2 aromatic heterocycles. The number of halogens is 1. The molecule has 32 heavy (non-hydrogen) atoms. The Kier molecular flexibility index (Phi) is 5.52. The number of aromatic nitrogens is 2. The molecule has 0 bridgehead atoms. The van der Waals surface area contributed by atoms with Crippen LogP contribution < -0.4 is 11.2 Å². The van der Waals surface area contributed by atoms with Gasteiger partial charge in [-0.25, -0.2) is 4.39 Å². The third kappa shape index (κ3) is 3.61. The van der Waals surface area contributed by atoms with E-state index < -0.39 is 0 Å². The minimum atomic E-state index is -0.255. The van der Waals surface area contributed by atoms with Crippen LogP contribution in [0.5, 0.6) is 0 Å². The van der Waals surface area contributed by atoms with Crippen LogP contribution in [0, 0.1) is 11.2 Å². The largest absolute Gasteiger partial charge is 0.398 e. The van der Waals surface area contributed by atoms with Gasteiger partial charge in [0.15, 0.2) is 0 Å². The van der Waals surface area contributed by atoms with Crippen molar-refractivity contribution < 1.29 is 4.39 Å². The van der Waals surface area contributed by atoms with Crippen LogP contribution in [0.4, 0.5) is 10.1 Å². The first-order chi connectivity index (χ1) is 15.6. The number of nitrogens with two attached hydrogens (primary N) is 1. The van der Waals surface area contributed by atoms with Crippen LogP contribution in [0.2, 0.25) is 0 Å². The third-order valence-electron chi connectivity index (χ3n) is 6.52. The highest BCUT2D eigenvalue weighted by atomic mass is 31.0. The van der Waals surface area contributed by atoms with Crippen LogP contribution in [-0.2, 0) is 0 Å². The second kappa shape index (κ2) is 8.48. The molecule has 6 heteroatoms. The number of hydrogen-bond acceptors (Lipinski definition) is 3. The predicted molar refractivity (Wildman–Crippen MR) is 134 cm³/mol. The van der Waals surface area contributed by atoms with Gasteiger partial charge in [0, 0.05) is 57.5 Å². The molecule has 2 aromatic carbocycles. The Labute approximate surface area is 189 Å². The van der Waals surface area contributed by atoms with Crippen molar-refractivity contribution in [3.05, 3.63) is 71.8 Å². The number of pyridine rings is 1. The van der Waals surface area contributed by atoms with E-state index in [1.54, 1.807) is 0 Å². The normalized spacial score (nSPS) is 14.7. The summed E-state index contributed by atoms with van der Waals surface area (Å²) in [6.45, 7) is 0. The molecule has 0 aliphatic heterocycles. The van der Waals surface area contributed by atoms with Crippen molar-refractivity contribution in [1.82, 2.24) is 9.55 Å². The molecule has 0 spiro atoms. The van der Waals surface area contributed by atoms with Gasteiger partial charge in [0.1, 0.15) is 5.82 Å². The number of nitrogens with one attached hydrogen (secondary N) is 1. The smallest absolute Gasteiger partial charge is 0.123 e. The average molecular weight is 444 g/mol. The van der Waals surface area contributed by atoms with Crippen LogP contribution in [0.15, 0.2) is 54.7 Å². The van der Waals surface area contributed by atoms with Crippen LogP contribution in [0.1, 0.15) is 49.3 Å². The SMILES string of the molecule is N=Cc1cc2c(cc1N)c(-c1ccc(P)nc1)c(C1CCCCC1)n2-c1ccc(F)cc1. The number of nitrogen functional groups attached to an aromatic ring is 1. The fourth-order valence-electron chi connectivity index (χ4n) is 5.00. The number of fused-ring (bicyclic) bond motifs is 1. The number of nitrogens with zero attached hydrogens (tertiary/aromatic N) is 2. The van der Waals surface area contributed by atoms with Gasteiger partial charge in [-0.2, -0.15) is 0 Å². The summed E-state index contributed by atoms with van der Waals surface area (Å²) in [5.41, 5.74) is 13.8. The maximum Gasteiger partial charge on any atom is 0.123 e. The summed E-state index contributed by atoms with van der Waals surface area (Å²) in [7, 11) is 2.64. The standard InChI is InChI=1S/C26H26FN4P/c27-19-7-9-20(10-8-19)31-23-12-18(14-28)22(29)13-21(23)25(17-6-11-24(32)30-15-17)26(31)16-4-2-1-3-5-16/h6-16,28H,1-5,29,32H2. The molecule has 0 radical (unpaired) electrons. The first-order valence-corrected chi connectivity index (χ1v) is 11.6. The van der Waals surface area contributed by atoms with Gasteiger partial charge in [-0.15, -0.1) is 0 Å². The molecule has 162 valence electrons. The molecule has 1 fully saturated rings. The molecule has 3 N–H and O–H groups in total. The number of benzene rings is 2. The van der Waals surface area contributed by atoms with Crippen LogP contribution in [0.25, 0.3) is 27.7 Å². The zero-order valence-corrected chi connectivity index (χ0v) is 19.0. The second-order valence-electron chi connectivity index (χ2n) is 8.52. The monoisotopic (exact) mass is 444 g/mol. The highest BCUT2D eigenvalue weighted by Crippen LogP contribution is 2.45. The summed E-state index contributed by atoms with van der Waals surface area (Å²) < 4.78 is 16.0. The zero-order chi connectivity index (χ0) is 22.2. The van der Waals surface area contributed by atoms with Crippen molar-refractivity contribution in [2.24, 2.45) is 0 Å². The summed E-state index contributed by atoms with van der Waals surface area (Å²) in [6.07, 6.45) is 9.11. The average Bonchev–Trinajstić information content (AvgIpc) is 3.14. The van der Waals surface area contributed by atoms with Gasteiger partial charge in [0.2, 0.25) is 0 Å². The Bertz CT molecular complexity index is 1290. The van der Waals surface area contributed by atoms with E-state index in [0.29, 0.717) is 17.2 Å². The third-order valence-corrected chi connectivity index (χ3v) is 6.86. The molecule has 4 nitrogen and oxygen atoms in total. The van der Waals surface area contributed by atoms with E-state index in [4.69, 9.17) is 11.1 Å². The van der Waals surface area contributed by atoms with E-state index in [1.165, 1.54) is 43.3 Å². The molecular weight excluding hydrogens is 418 g/mol. The molecule has 1 saturated carbocycles. The molecule has 2 heterocycles. The lowest BCUT2D eigenvalue weighted by Crippen LogP contribution is -2.11. The van der Waals surface area contributed by atoms with Gasteiger partial charge in [-0.05, 0) is 55.3 Å². The zero-order valence-electron chi connectivity index (χ0n) is 17.8. The van der Waals surface area contributed by atoms with E-state index in [-0.39, 0.29) is 5.82 Å². The van der Waals surface area contributed by atoms with E-state index in [1.807, 2.05) is 36.5 Å². The maximum atomic E-state index is 13.8. The van der Waals surface area contributed by atoms with Gasteiger partial charge in [-0.1, -0.05) is 34.6 Å². The molecule has 5 rings (SSSR count). The van der Waals surface area contributed by atoms with Crippen LogP contribution in [0.3, 0.4) is 0 Å². The first kappa shape index (κ1) is 20.8. The van der Waals surface area contributed by atoms with Gasteiger partial charge in [0.05, 0.1) is 11.0 Å². The topological polar surface area (TPSA) is 67.7 Å². The van der Waals surface area contributed by atoms with Crippen molar-refractivity contribution in [2.45, 2.75) is 38.0 Å². The summed E-state index contributed by atoms with van der Waals surface area (Å²) in [4.78, 5) is 4.54. The highest BCUT2D eigenvalue weighted by molar-refractivity contribution is 7.26. The van der Waals surface area contributed by atoms with Crippen molar-refractivity contribution in [3.63, 3.8) is 0 Å². The molecule has 0 amide bonds. The molecule has 1 unspecified atom stereocenters. The van der Waals surface area contributed by atoms with Crippen molar-refractivity contribution >= 4 is 37.5 Å². The lowest BCUT2D eigenvalue weighted by molar-refractivity contribution is 0.434. The molecule has 4 aromatic rings. The molecule has 1 aliphatic carbocycles. The summed E-state index contributed by atoms with van der Waals surface area (Å²) >= 11 is 0. The van der Waals surface area contributed by atoms with Crippen molar-refractivity contribution in [3.8, 4) is 16.8 Å². The summed E-state index contributed by atoms with van der Waals surface area (Å²) in [6, 6.07) is 14.7. The predicted octanol–water partition coefficient (Wildman–Crippen LogP) is 5.96. The number of hydrogen-bond donors (Lipinski definition) is 2. The van der Waals surface area contributed by atoms with E-state index in [0.717, 1.165) is 46.0 Å². The van der Waals surface area contributed by atoms with E-state index in [2.05, 4.69) is 24.9 Å². The van der Waals surface area contributed by atoms with E-state index >= 15 is 0 Å². The molecule has 1 atom stereocenters. The lowest BCUT2D eigenvalue weighted by Gasteiger charge is -2.25. The van der Waals surface area contributed by atoms with Crippen molar-refractivity contribution in [1.29, 1.82) is 5.41 Å². The summed E-state index contributed by atoms with van der Waals surface area (Å²) in [5, 5.41) is 8.87. The van der Waals surface area contributed by atoms with Gasteiger partial charge in [-0.3, -0.25) is 4.98 Å². The van der Waals surface area contributed by atoms with Gasteiger partial charge >= 0.3 is 0 Å². The Morgan fingerprint density at radius 2 is 1.81 bits per heavy atom. The quantitative estimate of drug-likeness (QED) is 0.232. The van der Waals surface area contributed by atoms with Crippen LogP contribution in [-0.4, -0.2) is 15.8 Å². The number of rotatable bonds is 4. The molecular formula is C26H26FN4P. The first-order valence-electron chi connectivity index (χ1n) is 11.0. The maximum absolute atomic E-state index is 13.8. The van der Waals surface area contributed by atoms with Gasteiger partial charge in [0.25, 0.3) is 0 Å². The van der Waals surface area contributed by atoms with E-state index in [9.17, 15) is 4.39 Å². The van der Waals surface area contributed by atoms with Crippen LogP contribution >= 0.6 is 9.24 Å². The Morgan fingerprint density at radius 1 is 1.06 bits per heavy atom. The lowest BCUT2D eigenvalue weighted by atomic mass is 9.84. The minimum absolute atomic E-state index is 0.255. The van der Waals surface area contributed by atoms with Crippen molar-refractivity contribution in [2.75, 3.05) is 5.73 Å². The fraction of sp³-hybridized carbons (Fsp3) is 0.231. The Hall–Kier alpha value is -3.04. The molecule has 0 saturated heterocycles. The highest BCUT2D eigenvalue weighted by Gasteiger charge is 2.28. The second-order valence-corrected chi connectivity index (χ2v) is 9.11. The molecule has 1 aliphatic rings. The Morgan fingerprint density at radius 3 is 2.47 bits per heavy atom. The van der Waals surface area contributed by atoms with Gasteiger partial charge < -0.3 is 15.7 Å². The minimum Gasteiger partial charge on any atom is -0.398 e. The Balaban J connectivity index is 1.91. The summed E-state index contributed by atoms with van der Waals surface area (Å²) in [5.74, 6) is 0.130. The number of anilines is 1.